The summed E-state index contributed by atoms with van der Waals surface area (Å²) in [7, 11) is 1.29. The summed E-state index contributed by atoms with van der Waals surface area (Å²) in [6.45, 7) is 0.199. The second kappa shape index (κ2) is 11.7. The third-order valence-corrected chi connectivity index (χ3v) is 5.31. The van der Waals surface area contributed by atoms with Gasteiger partial charge in [0.1, 0.15) is 22.8 Å². The summed E-state index contributed by atoms with van der Waals surface area (Å²) in [6.07, 6.45) is -9.14. The molecule has 37 heavy (non-hydrogen) atoms. The zero-order valence-electron chi connectivity index (χ0n) is 19.3. The van der Waals surface area contributed by atoms with Crippen LogP contribution in [0.15, 0.2) is 42.5 Å². The number of nitrogens with two attached hydrogens (primary N) is 1. The number of nitrogens with one attached hydrogen (secondary N) is 1. The van der Waals surface area contributed by atoms with Gasteiger partial charge in [0, 0.05) is 13.0 Å². The minimum absolute atomic E-state index is 0.0771. The third kappa shape index (κ3) is 8.53. The zero-order valence-corrected chi connectivity index (χ0v) is 19.3. The van der Waals surface area contributed by atoms with Crippen molar-refractivity contribution in [1.29, 1.82) is 0 Å². The molecular weight excluding hydrogens is 514 g/mol. The lowest BCUT2D eigenvalue weighted by molar-refractivity contribution is -0.192. The number of aliphatic carboxylic acids is 1. The lowest BCUT2D eigenvalue weighted by Crippen LogP contribution is -2.52. The number of hydrogen-bond donors (Lipinski definition) is 4. The highest BCUT2D eigenvalue weighted by molar-refractivity contribution is 5.86. The van der Waals surface area contributed by atoms with Crippen LogP contribution in [0.2, 0.25) is 0 Å². The average molecular weight is 538 g/mol. The van der Waals surface area contributed by atoms with E-state index >= 15 is 0 Å². The van der Waals surface area contributed by atoms with Crippen molar-refractivity contribution < 1.29 is 55.6 Å². The molecule has 1 aliphatic carbocycles. The highest BCUT2D eigenvalue weighted by atomic mass is 19.4. The van der Waals surface area contributed by atoms with Gasteiger partial charge in [-0.1, -0.05) is 12.1 Å². The van der Waals surface area contributed by atoms with Crippen LogP contribution in [0, 0.1) is 0 Å². The molecule has 0 radical (unpaired) electrons. The van der Waals surface area contributed by atoms with Gasteiger partial charge in [-0.15, -0.1) is 0 Å². The number of aliphatic hydroxyl groups is 1. The second-order valence-corrected chi connectivity index (χ2v) is 8.14. The molecule has 2 aromatic rings. The van der Waals surface area contributed by atoms with Crippen LogP contribution in [-0.2, 0) is 22.3 Å². The van der Waals surface area contributed by atoms with E-state index in [0.717, 1.165) is 11.6 Å². The maximum Gasteiger partial charge on any atom is 0.490 e. The lowest BCUT2D eigenvalue weighted by Gasteiger charge is -2.22. The predicted octanol–water partition coefficient (Wildman–Crippen LogP) is 4.00. The van der Waals surface area contributed by atoms with Crippen molar-refractivity contribution in [1.82, 2.24) is 5.32 Å². The molecule has 1 aliphatic rings. The molecule has 2 atom stereocenters. The van der Waals surface area contributed by atoms with Crippen molar-refractivity contribution in [2.24, 2.45) is 5.73 Å². The molecule has 204 valence electrons. The molecule has 2 unspecified atom stereocenters. The summed E-state index contributed by atoms with van der Waals surface area (Å²) in [5.74, 6) is -3.14. The van der Waals surface area contributed by atoms with Gasteiger partial charge in [0.05, 0.1) is 18.8 Å². The highest BCUT2D eigenvalue weighted by Crippen LogP contribution is 2.40. The van der Waals surface area contributed by atoms with E-state index < -0.39 is 35.5 Å². The van der Waals surface area contributed by atoms with Crippen LogP contribution < -0.4 is 20.5 Å². The number of alkyl halides is 6. The number of methoxy groups -OCH3 is 1. The minimum Gasteiger partial charge on any atom is -0.497 e. The van der Waals surface area contributed by atoms with Gasteiger partial charge in [-0.3, -0.25) is 4.79 Å². The van der Waals surface area contributed by atoms with Crippen LogP contribution in [0.3, 0.4) is 0 Å². The van der Waals surface area contributed by atoms with E-state index in [2.05, 4.69) is 5.32 Å². The SMILES string of the molecule is COc1ccc(Oc2ccc(CNC(=O)C3(N)CCC(O)C3)cc2)c(C(F)(F)F)c1.O=C(O)C(F)(F)F. The van der Waals surface area contributed by atoms with Crippen molar-refractivity contribution in [3.63, 3.8) is 0 Å². The minimum atomic E-state index is -5.08. The number of halogens is 6. The first kappa shape index (κ1) is 29.7. The number of carbonyl (C=O) groups excluding carboxylic acids is 1. The Balaban J connectivity index is 0.000000604. The summed E-state index contributed by atoms with van der Waals surface area (Å²) >= 11 is 0. The summed E-state index contributed by atoms with van der Waals surface area (Å²) in [5.41, 5.74) is 4.75. The monoisotopic (exact) mass is 538 g/mol. The topological polar surface area (TPSA) is 131 Å². The summed E-state index contributed by atoms with van der Waals surface area (Å²) in [6, 6.07) is 9.77. The van der Waals surface area contributed by atoms with Crippen LogP contribution in [0.5, 0.6) is 17.2 Å². The van der Waals surface area contributed by atoms with Crippen LogP contribution >= 0.6 is 0 Å². The molecule has 1 amide bonds. The summed E-state index contributed by atoms with van der Waals surface area (Å²) in [5, 5.41) is 19.5. The summed E-state index contributed by atoms with van der Waals surface area (Å²) < 4.78 is 81.9. The molecule has 0 spiro atoms. The molecule has 2 aromatic carbocycles. The van der Waals surface area contributed by atoms with Crippen molar-refractivity contribution in [2.75, 3.05) is 7.11 Å². The Labute approximate surface area is 207 Å². The number of benzene rings is 2. The van der Waals surface area contributed by atoms with Gasteiger partial charge in [-0.05, 0) is 48.7 Å². The smallest absolute Gasteiger partial charge is 0.490 e. The van der Waals surface area contributed by atoms with E-state index in [1.54, 1.807) is 12.1 Å². The van der Waals surface area contributed by atoms with Crippen LogP contribution in [-0.4, -0.2) is 47.0 Å². The molecule has 8 nitrogen and oxygen atoms in total. The van der Waals surface area contributed by atoms with Gasteiger partial charge in [-0.2, -0.15) is 26.3 Å². The molecule has 1 saturated carbocycles. The second-order valence-electron chi connectivity index (χ2n) is 8.14. The Morgan fingerprint density at radius 3 is 2.11 bits per heavy atom. The van der Waals surface area contributed by atoms with E-state index in [4.69, 9.17) is 25.1 Å². The van der Waals surface area contributed by atoms with Crippen molar-refractivity contribution in [2.45, 2.75) is 49.8 Å². The van der Waals surface area contributed by atoms with Crippen molar-refractivity contribution in [3.8, 4) is 17.2 Å². The van der Waals surface area contributed by atoms with Crippen LogP contribution in [0.25, 0.3) is 0 Å². The Morgan fingerprint density at radius 2 is 1.65 bits per heavy atom. The van der Waals surface area contributed by atoms with Crippen LogP contribution in [0.1, 0.15) is 30.4 Å². The number of carboxylic acid groups (broad SMARTS) is 1. The highest BCUT2D eigenvalue weighted by Gasteiger charge is 2.41. The number of aliphatic hydroxyl groups excluding tert-OH is 1. The molecule has 0 aromatic heterocycles. The maximum atomic E-state index is 13.3. The van der Waals surface area contributed by atoms with E-state index in [1.165, 1.54) is 31.4 Å². The van der Waals surface area contributed by atoms with Gasteiger partial charge in [0.25, 0.3) is 0 Å². The van der Waals surface area contributed by atoms with E-state index in [1.807, 2.05) is 0 Å². The number of ether oxygens (including phenoxy) is 2. The lowest BCUT2D eigenvalue weighted by atomic mass is 9.98. The predicted molar refractivity (Wildman–Crippen MR) is 117 cm³/mol. The third-order valence-electron chi connectivity index (χ3n) is 5.31. The Morgan fingerprint density at radius 1 is 1.08 bits per heavy atom. The van der Waals surface area contributed by atoms with E-state index in [0.29, 0.717) is 12.8 Å². The van der Waals surface area contributed by atoms with Gasteiger partial charge in [-0.25, -0.2) is 4.79 Å². The number of amides is 1. The average Bonchev–Trinajstić information content (AvgIpc) is 3.17. The molecule has 0 saturated heterocycles. The molecule has 0 aliphatic heterocycles. The van der Waals surface area contributed by atoms with Gasteiger partial charge in [0.15, 0.2) is 0 Å². The van der Waals surface area contributed by atoms with E-state index in [9.17, 15) is 36.2 Å². The zero-order chi connectivity index (χ0) is 28.0. The standard InChI is InChI=1S/C21H23F3N2O4.C2HF3O2/c1-29-16-6-7-18(17(10-16)21(22,23)24)30-15-4-2-13(3-5-15)12-26-19(28)20(25)9-8-14(27)11-20;3-2(4,5)1(6)7/h2-7,10,14,27H,8-9,11-12,25H2,1H3,(H,26,28);(H,6,7). The van der Waals surface area contributed by atoms with Crippen LogP contribution in [0.4, 0.5) is 26.3 Å². The first-order valence-electron chi connectivity index (χ1n) is 10.6. The fourth-order valence-corrected chi connectivity index (χ4v) is 3.36. The van der Waals surface area contributed by atoms with Gasteiger partial charge < -0.3 is 30.7 Å². The number of rotatable bonds is 6. The molecular formula is C23H24F6N2O6. The van der Waals surface area contributed by atoms with Gasteiger partial charge >= 0.3 is 18.3 Å². The summed E-state index contributed by atoms with van der Waals surface area (Å²) in [4.78, 5) is 21.2. The molecule has 1 fully saturated rings. The van der Waals surface area contributed by atoms with Gasteiger partial charge in [0.2, 0.25) is 5.91 Å². The molecule has 14 heteroatoms. The number of carboxylic acids is 1. The first-order valence-corrected chi connectivity index (χ1v) is 10.6. The fraction of sp³-hybridized carbons (Fsp3) is 0.391. The fourth-order valence-electron chi connectivity index (χ4n) is 3.36. The Kier molecular flexibility index (Phi) is 9.38. The first-order chi connectivity index (χ1) is 17.0. The van der Waals surface area contributed by atoms with Crippen molar-refractivity contribution >= 4 is 11.9 Å². The molecule has 0 bridgehead atoms. The number of carbonyl (C=O) groups is 2. The van der Waals surface area contributed by atoms with E-state index in [-0.39, 0.29) is 36.1 Å². The quantitative estimate of drug-likeness (QED) is 0.409. The maximum absolute atomic E-state index is 13.3. The normalized spacial score (nSPS) is 19.4. The Bertz CT molecular complexity index is 1090. The Hall–Kier alpha value is -3.52. The molecule has 5 N–H and O–H groups in total. The number of hydrogen-bond acceptors (Lipinski definition) is 6. The molecule has 0 heterocycles. The molecule has 3 rings (SSSR count). The van der Waals surface area contributed by atoms with Crippen molar-refractivity contribution in [3.05, 3.63) is 53.6 Å². The largest absolute Gasteiger partial charge is 0.497 e.